The van der Waals surface area contributed by atoms with E-state index in [4.69, 9.17) is 0 Å². The summed E-state index contributed by atoms with van der Waals surface area (Å²) < 4.78 is 26.2. The lowest BCUT2D eigenvalue weighted by atomic mass is 10.1. The van der Waals surface area contributed by atoms with Gasteiger partial charge in [-0.2, -0.15) is 0 Å². The van der Waals surface area contributed by atoms with Gasteiger partial charge in [0.2, 0.25) is 10.0 Å². The molecule has 18 heavy (non-hydrogen) atoms. The van der Waals surface area contributed by atoms with Gasteiger partial charge in [-0.1, -0.05) is 19.1 Å². The third kappa shape index (κ3) is 2.89. The van der Waals surface area contributed by atoms with Gasteiger partial charge in [0.15, 0.2) is 0 Å². The van der Waals surface area contributed by atoms with E-state index in [2.05, 4.69) is 24.2 Å². The minimum atomic E-state index is -3.05. The number of rotatable bonds is 3. The molecule has 0 aliphatic carbocycles. The molecule has 102 valence electrons. The first-order valence-electron chi connectivity index (χ1n) is 6.25. The van der Waals surface area contributed by atoms with Crippen LogP contribution in [0, 0.1) is 0 Å². The Morgan fingerprint density at radius 2 is 1.94 bits per heavy atom. The minimum absolute atomic E-state index is 0.267. The molecule has 0 radical (unpaired) electrons. The molecule has 0 atom stereocenters. The zero-order chi connectivity index (χ0) is 13.3. The highest BCUT2D eigenvalue weighted by molar-refractivity contribution is 7.88. The Morgan fingerprint density at radius 3 is 2.39 bits per heavy atom. The van der Waals surface area contributed by atoms with E-state index in [1.54, 1.807) is 0 Å². The third-order valence-corrected chi connectivity index (χ3v) is 4.69. The summed E-state index contributed by atoms with van der Waals surface area (Å²) in [4.78, 5) is 0. The molecule has 0 aromatic carbocycles. The van der Waals surface area contributed by atoms with Crippen molar-refractivity contribution < 1.29 is 8.42 Å². The van der Waals surface area contributed by atoms with Crippen molar-refractivity contribution in [3.63, 3.8) is 0 Å². The van der Waals surface area contributed by atoms with Gasteiger partial charge >= 0.3 is 0 Å². The van der Waals surface area contributed by atoms with Gasteiger partial charge < -0.3 is 0 Å². The molecule has 2 rings (SSSR count). The van der Waals surface area contributed by atoms with Crippen LogP contribution in [0.2, 0.25) is 0 Å². The van der Waals surface area contributed by atoms with Crippen LogP contribution in [-0.4, -0.2) is 47.1 Å². The largest absolute Gasteiger partial charge is 0.249 e. The smallest absolute Gasteiger partial charge is 0.211 e. The first-order chi connectivity index (χ1) is 8.38. The van der Waals surface area contributed by atoms with Crippen molar-refractivity contribution in [2.24, 2.45) is 0 Å². The summed E-state index contributed by atoms with van der Waals surface area (Å²) >= 11 is 0. The third-order valence-electron chi connectivity index (χ3n) is 3.39. The second-order valence-electron chi connectivity index (χ2n) is 5.17. The lowest BCUT2D eigenvalue weighted by Crippen LogP contribution is -2.38. The Hall–Kier alpha value is -0.950. The summed E-state index contributed by atoms with van der Waals surface area (Å²) in [7, 11) is -3.05. The molecule has 1 fully saturated rings. The van der Waals surface area contributed by atoms with Crippen molar-refractivity contribution >= 4 is 10.0 Å². The molecule has 0 bridgehead atoms. The molecule has 1 saturated heterocycles. The molecule has 0 N–H and O–H groups in total. The average Bonchev–Trinajstić information content (AvgIpc) is 2.77. The van der Waals surface area contributed by atoms with E-state index in [0.29, 0.717) is 19.0 Å². The molecule has 0 spiro atoms. The highest BCUT2D eigenvalue weighted by Gasteiger charge is 2.26. The molecule has 1 aliphatic heterocycles. The van der Waals surface area contributed by atoms with Crippen LogP contribution in [-0.2, 0) is 10.0 Å². The van der Waals surface area contributed by atoms with Gasteiger partial charge in [0, 0.05) is 19.3 Å². The Bertz CT molecular complexity index is 501. The SMILES string of the molecule is CC(C)c1cn(C2CCN(S(C)(=O)=O)CC2)nn1. The number of hydrogen-bond donors (Lipinski definition) is 0. The van der Waals surface area contributed by atoms with Gasteiger partial charge in [0.1, 0.15) is 0 Å². The van der Waals surface area contributed by atoms with Crippen LogP contribution < -0.4 is 0 Å². The van der Waals surface area contributed by atoms with E-state index in [1.807, 2.05) is 10.9 Å². The van der Waals surface area contributed by atoms with Crippen LogP contribution in [0.4, 0.5) is 0 Å². The molecule has 7 heteroatoms. The summed E-state index contributed by atoms with van der Waals surface area (Å²) in [6.07, 6.45) is 4.84. The molecule has 0 amide bonds. The van der Waals surface area contributed by atoms with Gasteiger partial charge in [-0.05, 0) is 18.8 Å². The van der Waals surface area contributed by atoms with Crippen LogP contribution in [0.5, 0.6) is 0 Å². The highest BCUT2D eigenvalue weighted by atomic mass is 32.2. The Labute approximate surface area is 108 Å². The predicted molar refractivity (Wildman–Crippen MR) is 68.8 cm³/mol. The standard InChI is InChI=1S/C11H20N4O2S/c1-9(2)11-8-15(13-12-11)10-4-6-14(7-5-10)18(3,16)17/h8-10H,4-7H2,1-3H3. The maximum Gasteiger partial charge on any atom is 0.211 e. The summed E-state index contributed by atoms with van der Waals surface area (Å²) in [5.74, 6) is 0.370. The number of aromatic nitrogens is 3. The average molecular weight is 272 g/mol. The van der Waals surface area contributed by atoms with Crippen molar-refractivity contribution in [1.82, 2.24) is 19.3 Å². The molecule has 0 unspecified atom stereocenters. The summed E-state index contributed by atoms with van der Waals surface area (Å²) in [6.45, 7) is 5.31. The second-order valence-corrected chi connectivity index (χ2v) is 7.15. The van der Waals surface area contributed by atoms with Crippen LogP contribution in [0.15, 0.2) is 6.20 Å². The topological polar surface area (TPSA) is 68.1 Å². The quantitative estimate of drug-likeness (QED) is 0.823. The van der Waals surface area contributed by atoms with Crippen molar-refractivity contribution in [3.05, 3.63) is 11.9 Å². The molecular weight excluding hydrogens is 252 g/mol. The number of sulfonamides is 1. The summed E-state index contributed by atoms with van der Waals surface area (Å²) in [5, 5.41) is 8.29. The Morgan fingerprint density at radius 1 is 1.33 bits per heavy atom. The summed E-state index contributed by atoms with van der Waals surface area (Å²) in [6, 6.07) is 0.267. The van der Waals surface area contributed by atoms with Gasteiger partial charge in [-0.15, -0.1) is 5.10 Å². The zero-order valence-corrected chi connectivity index (χ0v) is 11.9. The van der Waals surface area contributed by atoms with Crippen molar-refractivity contribution in [1.29, 1.82) is 0 Å². The van der Waals surface area contributed by atoms with E-state index >= 15 is 0 Å². The monoisotopic (exact) mass is 272 g/mol. The fourth-order valence-corrected chi connectivity index (χ4v) is 3.05. The van der Waals surface area contributed by atoms with E-state index < -0.39 is 10.0 Å². The van der Waals surface area contributed by atoms with Gasteiger partial charge in [0.25, 0.3) is 0 Å². The molecule has 1 aliphatic rings. The van der Waals surface area contributed by atoms with Gasteiger partial charge in [-0.25, -0.2) is 17.4 Å². The maximum absolute atomic E-state index is 11.4. The lowest BCUT2D eigenvalue weighted by Gasteiger charge is -2.29. The fourth-order valence-electron chi connectivity index (χ4n) is 2.17. The van der Waals surface area contributed by atoms with Crippen molar-refractivity contribution in [2.75, 3.05) is 19.3 Å². The molecule has 1 aromatic rings. The lowest BCUT2D eigenvalue weighted by molar-refractivity contribution is 0.259. The molecule has 1 aromatic heterocycles. The van der Waals surface area contributed by atoms with E-state index in [-0.39, 0.29) is 6.04 Å². The van der Waals surface area contributed by atoms with Crippen molar-refractivity contribution in [2.45, 2.75) is 38.6 Å². The van der Waals surface area contributed by atoms with Crippen LogP contribution in [0.25, 0.3) is 0 Å². The molecule has 2 heterocycles. The maximum atomic E-state index is 11.4. The van der Waals surface area contributed by atoms with Gasteiger partial charge in [-0.3, -0.25) is 0 Å². The molecule has 0 saturated carbocycles. The number of nitrogens with zero attached hydrogens (tertiary/aromatic N) is 4. The van der Waals surface area contributed by atoms with E-state index in [1.165, 1.54) is 10.6 Å². The Kier molecular flexibility index (Phi) is 3.72. The number of hydrogen-bond acceptors (Lipinski definition) is 4. The first-order valence-corrected chi connectivity index (χ1v) is 8.09. The minimum Gasteiger partial charge on any atom is -0.249 e. The van der Waals surface area contributed by atoms with Crippen LogP contribution >= 0.6 is 0 Å². The predicted octanol–water partition coefficient (Wildman–Crippen LogP) is 0.998. The molecular formula is C11H20N4O2S. The van der Waals surface area contributed by atoms with Crippen LogP contribution in [0.1, 0.15) is 44.3 Å². The van der Waals surface area contributed by atoms with Gasteiger partial charge in [0.05, 0.1) is 18.0 Å². The number of piperidine rings is 1. The van der Waals surface area contributed by atoms with Crippen molar-refractivity contribution in [3.8, 4) is 0 Å². The Balaban J connectivity index is 2.01. The van der Waals surface area contributed by atoms with Crippen LogP contribution in [0.3, 0.4) is 0 Å². The second kappa shape index (κ2) is 4.97. The molecule has 6 nitrogen and oxygen atoms in total. The highest BCUT2D eigenvalue weighted by Crippen LogP contribution is 2.23. The fraction of sp³-hybridized carbons (Fsp3) is 0.818. The van der Waals surface area contributed by atoms with E-state index in [0.717, 1.165) is 18.5 Å². The van der Waals surface area contributed by atoms with E-state index in [9.17, 15) is 8.42 Å². The normalized spacial score (nSPS) is 19.6. The summed E-state index contributed by atoms with van der Waals surface area (Å²) in [5.41, 5.74) is 0.987. The first kappa shape index (κ1) is 13.5. The zero-order valence-electron chi connectivity index (χ0n) is 11.1.